The van der Waals surface area contributed by atoms with Gasteiger partial charge in [-0.05, 0) is 47.8 Å². The lowest BCUT2D eigenvalue weighted by Crippen LogP contribution is -2.57. The number of benzene rings is 1. The van der Waals surface area contributed by atoms with Gasteiger partial charge in [0.25, 0.3) is 0 Å². The number of hydrogen-bond donors (Lipinski definition) is 2. The van der Waals surface area contributed by atoms with Gasteiger partial charge in [0.05, 0.1) is 6.10 Å². The smallest absolute Gasteiger partial charge is 0.318 e. The fourth-order valence-corrected chi connectivity index (χ4v) is 4.84. The molecule has 0 bridgehead atoms. The molecule has 1 aromatic rings. The molecule has 7 heteroatoms. The van der Waals surface area contributed by atoms with Crippen molar-refractivity contribution >= 4 is 23.5 Å². The van der Waals surface area contributed by atoms with Gasteiger partial charge in [-0.3, -0.25) is 4.79 Å². The van der Waals surface area contributed by atoms with Gasteiger partial charge in [-0.2, -0.15) is 0 Å². The molecule has 0 aromatic heterocycles. The zero-order chi connectivity index (χ0) is 22.1. The molecule has 2 aliphatic heterocycles. The van der Waals surface area contributed by atoms with E-state index in [1.165, 1.54) is 5.56 Å². The average molecular weight is 436 g/mol. The summed E-state index contributed by atoms with van der Waals surface area (Å²) in [6.45, 7) is 10.4. The van der Waals surface area contributed by atoms with E-state index < -0.39 is 12.1 Å². The quantitative estimate of drug-likeness (QED) is 0.760. The van der Waals surface area contributed by atoms with Crippen molar-refractivity contribution in [1.82, 2.24) is 15.1 Å². The molecule has 1 unspecified atom stereocenters. The SMILES string of the molecule is CC(C)[C@@H](NC(=O)N1CC[C@@H](O)C1)C(=O)N1CCC(c2ccc(Cl)cc2)C(C)(C)C1. The zero-order valence-corrected chi connectivity index (χ0v) is 19.2. The van der Waals surface area contributed by atoms with Gasteiger partial charge in [-0.1, -0.05) is 51.4 Å². The lowest BCUT2D eigenvalue weighted by Gasteiger charge is -2.46. The van der Waals surface area contributed by atoms with Crippen molar-refractivity contribution in [3.8, 4) is 0 Å². The predicted molar refractivity (Wildman–Crippen MR) is 119 cm³/mol. The van der Waals surface area contributed by atoms with E-state index in [2.05, 4.69) is 31.3 Å². The lowest BCUT2D eigenvalue weighted by atomic mass is 9.70. The van der Waals surface area contributed by atoms with Crippen LogP contribution >= 0.6 is 11.6 Å². The first-order valence-corrected chi connectivity index (χ1v) is 11.2. The molecular formula is C23H34ClN3O3. The van der Waals surface area contributed by atoms with E-state index >= 15 is 0 Å². The topological polar surface area (TPSA) is 72.9 Å². The molecule has 3 rings (SSSR count). The van der Waals surface area contributed by atoms with Crippen molar-refractivity contribution in [2.45, 2.75) is 58.6 Å². The van der Waals surface area contributed by atoms with Gasteiger partial charge in [-0.15, -0.1) is 0 Å². The molecule has 0 spiro atoms. The standard InChI is InChI=1S/C23H34ClN3O3/c1-15(2)20(25-22(30)26-11-9-18(28)13-26)21(29)27-12-10-19(23(3,4)14-27)16-5-7-17(24)8-6-16/h5-8,15,18-20,28H,9-14H2,1-4H3,(H,25,30)/t18-,19?,20-/m1/s1. The Kier molecular flexibility index (Phi) is 6.98. The number of β-amino-alcohol motifs (C(OH)–C–C–N with tert-alkyl or cyclic N) is 1. The van der Waals surface area contributed by atoms with Crippen LogP contribution in [0.5, 0.6) is 0 Å². The molecular weight excluding hydrogens is 402 g/mol. The molecule has 0 aliphatic carbocycles. The Morgan fingerprint density at radius 1 is 1.13 bits per heavy atom. The van der Waals surface area contributed by atoms with Crippen LogP contribution in [0.3, 0.4) is 0 Å². The summed E-state index contributed by atoms with van der Waals surface area (Å²) in [6, 6.07) is 7.16. The number of amides is 3. The van der Waals surface area contributed by atoms with E-state index in [9.17, 15) is 14.7 Å². The number of nitrogens with one attached hydrogen (secondary N) is 1. The number of urea groups is 1. The molecule has 2 heterocycles. The summed E-state index contributed by atoms with van der Waals surface area (Å²) in [7, 11) is 0. The number of aliphatic hydroxyl groups excluding tert-OH is 1. The molecule has 6 nitrogen and oxygen atoms in total. The number of likely N-dealkylation sites (tertiary alicyclic amines) is 2. The Morgan fingerprint density at radius 3 is 2.30 bits per heavy atom. The van der Waals surface area contributed by atoms with Crippen LogP contribution in [0.25, 0.3) is 0 Å². The Bertz CT molecular complexity index is 765. The minimum absolute atomic E-state index is 0.0222. The molecule has 30 heavy (non-hydrogen) atoms. The number of rotatable bonds is 4. The van der Waals surface area contributed by atoms with Crippen LogP contribution in [0.1, 0.15) is 52.0 Å². The third-order valence-corrected chi connectivity index (χ3v) is 6.73. The minimum Gasteiger partial charge on any atom is -0.391 e. The predicted octanol–water partition coefficient (Wildman–Crippen LogP) is 3.48. The van der Waals surface area contributed by atoms with Crippen molar-refractivity contribution in [2.24, 2.45) is 11.3 Å². The van der Waals surface area contributed by atoms with Crippen molar-refractivity contribution < 1.29 is 14.7 Å². The second-order valence-electron chi connectivity index (χ2n) is 9.70. The van der Waals surface area contributed by atoms with E-state index in [4.69, 9.17) is 11.6 Å². The van der Waals surface area contributed by atoms with Gasteiger partial charge in [-0.25, -0.2) is 4.79 Å². The maximum atomic E-state index is 13.4. The Balaban J connectivity index is 1.67. The Morgan fingerprint density at radius 2 is 1.77 bits per heavy atom. The summed E-state index contributed by atoms with van der Waals surface area (Å²) in [4.78, 5) is 29.4. The number of carbonyl (C=O) groups excluding carboxylic acids is 2. The average Bonchev–Trinajstić information content (AvgIpc) is 3.12. The van der Waals surface area contributed by atoms with Gasteiger partial charge < -0.3 is 20.2 Å². The highest BCUT2D eigenvalue weighted by atomic mass is 35.5. The summed E-state index contributed by atoms with van der Waals surface area (Å²) in [5, 5.41) is 13.3. The normalized spacial score (nSPS) is 24.8. The van der Waals surface area contributed by atoms with Crippen LogP contribution in [0.4, 0.5) is 4.79 Å². The summed E-state index contributed by atoms with van der Waals surface area (Å²) in [5.74, 6) is 0.295. The second-order valence-corrected chi connectivity index (χ2v) is 10.1. The maximum Gasteiger partial charge on any atom is 0.318 e. The van der Waals surface area contributed by atoms with Crippen LogP contribution in [0, 0.1) is 11.3 Å². The Hall–Kier alpha value is -1.79. The third-order valence-electron chi connectivity index (χ3n) is 6.48. The number of carbonyl (C=O) groups is 2. The van der Waals surface area contributed by atoms with E-state index in [-0.39, 0.29) is 23.3 Å². The molecule has 3 atom stereocenters. The summed E-state index contributed by atoms with van der Waals surface area (Å²) in [5.41, 5.74) is 1.16. The first-order valence-electron chi connectivity index (χ1n) is 10.9. The van der Waals surface area contributed by atoms with Crippen molar-refractivity contribution in [3.63, 3.8) is 0 Å². The molecule has 2 saturated heterocycles. The molecule has 0 radical (unpaired) electrons. The lowest BCUT2D eigenvalue weighted by molar-refractivity contribution is -0.137. The van der Waals surface area contributed by atoms with Gasteiger partial charge in [0, 0.05) is 31.2 Å². The molecule has 3 amide bonds. The van der Waals surface area contributed by atoms with Crippen molar-refractivity contribution in [3.05, 3.63) is 34.9 Å². The zero-order valence-electron chi connectivity index (χ0n) is 18.4. The van der Waals surface area contributed by atoms with Crippen LogP contribution < -0.4 is 5.32 Å². The van der Waals surface area contributed by atoms with E-state index in [0.717, 1.165) is 11.4 Å². The highest BCUT2D eigenvalue weighted by molar-refractivity contribution is 6.30. The van der Waals surface area contributed by atoms with Crippen molar-refractivity contribution in [1.29, 1.82) is 0 Å². The first kappa shape index (κ1) is 22.9. The summed E-state index contributed by atoms with van der Waals surface area (Å²) < 4.78 is 0. The maximum absolute atomic E-state index is 13.4. The highest BCUT2D eigenvalue weighted by Crippen LogP contribution is 2.42. The van der Waals surface area contributed by atoms with Crippen molar-refractivity contribution in [2.75, 3.05) is 26.2 Å². The fraction of sp³-hybridized carbons (Fsp3) is 0.652. The number of piperidine rings is 1. The molecule has 2 N–H and O–H groups in total. The van der Waals surface area contributed by atoms with Crippen LogP contribution in [0.15, 0.2) is 24.3 Å². The monoisotopic (exact) mass is 435 g/mol. The van der Waals surface area contributed by atoms with E-state index in [1.54, 1.807) is 4.90 Å². The molecule has 2 aliphatic rings. The number of aliphatic hydroxyl groups is 1. The third kappa shape index (κ3) is 5.09. The Labute approximate surface area is 184 Å². The van der Waals surface area contributed by atoms with Gasteiger partial charge in [0.15, 0.2) is 0 Å². The summed E-state index contributed by atoms with van der Waals surface area (Å²) >= 11 is 6.04. The van der Waals surface area contributed by atoms with Gasteiger partial charge in [0.2, 0.25) is 5.91 Å². The molecule has 166 valence electrons. The molecule has 2 fully saturated rings. The van der Waals surface area contributed by atoms with Crippen LogP contribution in [-0.2, 0) is 4.79 Å². The van der Waals surface area contributed by atoms with Crippen LogP contribution in [-0.4, -0.2) is 65.2 Å². The minimum atomic E-state index is -0.571. The first-order chi connectivity index (χ1) is 14.1. The second kappa shape index (κ2) is 9.15. The molecule has 1 aromatic carbocycles. The van der Waals surface area contributed by atoms with Gasteiger partial charge >= 0.3 is 6.03 Å². The number of halogens is 1. The molecule has 0 saturated carbocycles. The van der Waals surface area contributed by atoms with E-state index in [0.29, 0.717) is 38.5 Å². The number of hydrogen-bond acceptors (Lipinski definition) is 3. The summed E-state index contributed by atoms with van der Waals surface area (Å²) in [6.07, 6.45) is 0.981. The number of nitrogens with zero attached hydrogens (tertiary/aromatic N) is 2. The van der Waals surface area contributed by atoms with Crippen LogP contribution in [0.2, 0.25) is 5.02 Å². The largest absolute Gasteiger partial charge is 0.391 e. The van der Waals surface area contributed by atoms with Gasteiger partial charge in [0.1, 0.15) is 6.04 Å². The highest BCUT2D eigenvalue weighted by Gasteiger charge is 2.41. The van der Waals surface area contributed by atoms with E-state index in [1.807, 2.05) is 30.9 Å². The fourth-order valence-electron chi connectivity index (χ4n) is 4.72.